The minimum atomic E-state index is -0.0525. The summed E-state index contributed by atoms with van der Waals surface area (Å²) in [6.45, 7) is 3.45. The van der Waals surface area contributed by atoms with E-state index in [0.29, 0.717) is 23.9 Å². The molecule has 2 aliphatic rings. The summed E-state index contributed by atoms with van der Waals surface area (Å²) >= 11 is 0. The average Bonchev–Trinajstić information content (AvgIpc) is 2.79. The van der Waals surface area contributed by atoms with E-state index in [9.17, 15) is 9.59 Å². The third kappa shape index (κ3) is 4.51. The molecule has 1 aliphatic heterocycles. The molecule has 0 aromatic heterocycles. The number of hydrogen-bond acceptors (Lipinski definition) is 4. The highest BCUT2D eigenvalue weighted by molar-refractivity contribution is 5.93. The number of carbonyl (C=O) groups excluding carboxylic acids is 2. The first-order valence-corrected chi connectivity index (χ1v) is 9.11. The molecule has 1 aromatic carbocycles. The zero-order chi connectivity index (χ0) is 17.6. The zero-order valence-corrected chi connectivity index (χ0v) is 14.9. The lowest BCUT2D eigenvalue weighted by Crippen LogP contribution is -2.41. The molecule has 0 radical (unpaired) electrons. The minimum absolute atomic E-state index is 0.0525. The smallest absolute Gasteiger partial charge is 0.238 e. The van der Waals surface area contributed by atoms with Crippen molar-refractivity contribution in [3.05, 3.63) is 24.3 Å². The summed E-state index contributed by atoms with van der Waals surface area (Å²) in [7, 11) is 1.59. The number of methoxy groups -OCH3 is 1. The molecule has 6 nitrogen and oxygen atoms in total. The molecule has 1 heterocycles. The number of nitrogens with one attached hydrogen (secondary N) is 1. The van der Waals surface area contributed by atoms with Crippen molar-refractivity contribution in [1.29, 1.82) is 0 Å². The molecule has 1 saturated heterocycles. The van der Waals surface area contributed by atoms with Crippen LogP contribution in [0.25, 0.3) is 0 Å². The molecular weight excluding hydrogens is 318 g/mol. The van der Waals surface area contributed by atoms with Gasteiger partial charge in [-0.05, 0) is 31.4 Å². The van der Waals surface area contributed by atoms with Crippen LogP contribution in [-0.4, -0.2) is 61.4 Å². The molecule has 6 heteroatoms. The van der Waals surface area contributed by atoms with E-state index in [-0.39, 0.29) is 11.8 Å². The Hall–Kier alpha value is -2.08. The predicted octanol–water partition coefficient (Wildman–Crippen LogP) is 1.97. The van der Waals surface area contributed by atoms with Crippen LogP contribution >= 0.6 is 0 Å². The second-order valence-corrected chi connectivity index (χ2v) is 6.83. The normalized spacial score (nSPS) is 19.0. The van der Waals surface area contributed by atoms with Crippen molar-refractivity contribution in [1.82, 2.24) is 9.80 Å². The minimum Gasteiger partial charge on any atom is -0.495 e. The number of amides is 2. The molecule has 3 rings (SSSR count). The first kappa shape index (κ1) is 17.7. The summed E-state index contributed by atoms with van der Waals surface area (Å²) in [5, 5.41) is 2.91. The van der Waals surface area contributed by atoms with E-state index in [1.807, 2.05) is 29.2 Å². The summed E-state index contributed by atoms with van der Waals surface area (Å²) in [5.41, 5.74) is 0.687. The standard InChI is InChI=1S/C19H27N3O3/c1-25-17-9-3-2-8-16(17)20-18(23)14-21-10-5-11-22(13-12-21)19(24)15-6-4-7-15/h2-3,8-9,15H,4-7,10-14H2,1H3,(H,20,23). The van der Waals surface area contributed by atoms with Gasteiger partial charge in [-0.25, -0.2) is 0 Å². The molecule has 136 valence electrons. The van der Waals surface area contributed by atoms with Crippen molar-refractivity contribution in [3.63, 3.8) is 0 Å². The number of carbonyl (C=O) groups is 2. The van der Waals surface area contributed by atoms with Crippen LogP contribution in [0.3, 0.4) is 0 Å². The summed E-state index contributed by atoms with van der Waals surface area (Å²) in [4.78, 5) is 28.9. The molecule has 1 aromatic rings. The van der Waals surface area contributed by atoms with Gasteiger partial charge in [-0.15, -0.1) is 0 Å². The lowest BCUT2D eigenvalue weighted by Gasteiger charge is -2.31. The Morgan fingerprint density at radius 2 is 1.92 bits per heavy atom. The lowest BCUT2D eigenvalue weighted by molar-refractivity contribution is -0.138. The topological polar surface area (TPSA) is 61.9 Å². The second kappa shape index (κ2) is 8.34. The van der Waals surface area contributed by atoms with Crippen LogP contribution in [0.15, 0.2) is 24.3 Å². The summed E-state index contributed by atoms with van der Waals surface area (Å²) in [5.74, 6) is 1.17. The van der Waals surface area contributed by atoms with E-state index in [0.717, 1.165) is 45.4 Å². The Bertz CT molecular complexity index is 616. The molecule has 25 heavy (non-hydrogen) atoms. The largest absolute Gasteiger partial charge is 0.495 e. The Balaban J connectivity index is 1.49. The van der Waals surface area contributed by atoms with Crippen LogP contribution in [0.2, 0.25) is 0 Å². The second-order valence-electron chi connectivity index (χ2n) is 6.83. The maximum Gasteiger partial charge on any atom is 0.238 e. The van der Waals surface area contributed by atoms with E-state index in [2.05, 4.69) is 10.2 Å². The summed E-state index contributed by atoms with van der Waals surface area (Å²) in [6.07, 6.45) is 4.18. The van der Waals surface area contributed by atoms with E-state index < -0.39 is 0 Å². The van der Waals surface area contributed by atoms with Gasteiger partial charge in [-0.2, -0.15) is 0 Å². The molecule has 2 amide bonds. The fraction of sp³-hybridized carbons (Fsp3) is 0.579. The van der Waals surface area contributed by atoms with Gasteiger partial charge in [0.15, 0.2) is 0 Å². The van der Waals surface area contributed by atoms with Crippen molar-refractivity contribution in [3.8, 4) is 5.75 Å². The lowest BCUT2D eigenvalue weighted by atomic mass is 9.84. The molecule has 1 aliphatic carbocycles. The van der Waals surface area contributed by atoms with Crippen LogP contribution in [-0.2, 0) is 9.59 Å². The van der Waals surface area contributed by atoms with Crippen LogP contribution in [0.1, 0.15) is 25.7 Å². The van der Waals surface area contributed by atoms with Crippen LogP contribution < -0.4 is 10.1 Å². The SMILES string of the molecule is COc1ccccc1NC(=O)CN1CCCN(C(=O)C2CCC2)CC1. The maximum atomic E-state index is 12.4. The van der Waals surface area contributed by atoms with E-state index in [1.54, 1.807) is 7.11 Å². The molecule has 1 saturated carbocycles. The van der Waals surface area contributed by atoms with Gasteiger partial charge in [0.25, 0.3) is 0 Å². The molecular formula is C19H27N3O3. The predicted molar refractivity (Wildman–Crippen MR) is 96.6 cm³/mol. The van der Waals surface area contributed by atoms with Gasteiger partial charge >= 0.3 is 0 Å². The molecule has 2 fully saturated rings. The first-order chi connectivity index (χ1) is 12.2. The fourth-order valence-electron chi connectivity index (χ4n) is 3.40. The number of para-hydroxylation sites is 2. The van der Waals surface area contributed by atoms with Crippen molar-refractivity contribution in [2.75, 3.05) is 45.2 Å². The summed E-state index contributed by atoms with van der Waals surface area (Å²) in [6, 6.07) is 7.40. The average molecular weight is 345 g/mol. The highest BCUT2D eigenvalue weighted by Gasteiger charge is 2.30. The van der Waals surface area contributed by atoms with Gasteiger partial charge in [-0.3, -0.25) is 14.5 Å². The number of anilines is 1. The van der Waals surface area contributed by atoms with Gasteiger partial charge < -0.3 is 15.0 Å². The highest BCUT2D eigenvalue weighted by atomic mass is 16.5. The van der Waals surface area contributed by atoms with Gasteiger partial charge in [-0.1, -0.05) is 18.6 Å². The highest BCUT2D eigenvalue weighted by Crippen LogP contribution is 2.28. The monoisotopic (exact) mass is 345 g/mol. The number of ether oxygens (including phenoxy) is 1. The van der Waals surface area contributed by atoms with Gasteiger partial charge in [0.2, 0.25) is 11.8 Å². The zero-order valence-electron chi connectivity index (χ0n) is 14.9. The molecule has 1 N–H and O–H groups in total. The van der Waals surface area contributed by atoms with E-state index in [1.165, 1.54) is 6.42 Å². The van der Waals surface area contributed by atoms with Gasteiger partial charge in [0.05, 0.1) is 19.3 Å². The van der Waals surface area contributed by atoms with E-state index in [4.69, 9.17) is 4.74 Å². The van der Waals surface area contributed by atoms with Gasteiger partial charge in [0.1, 0.15) is 5.75 Å². The Morgan fingerprint density at radius 3 is 2.64 bits per heavy atom. The van der Waals surface area contributed by atoms with E-state index >= 15 is 0 Å². The number of rotatable bonds is 5. The van der Waals surface area contributed by atoms with Gasteiger partial charge in [0, 0.05) is 32.1 Å². The van der Waals surface area contributed by atoms with Crippen molar-refractivity contribution in [2.24, 2.45) is 5.92 Å². The first-order valence-electron chi connectivity index (χ1n) is 9.11. The third-order valence-electron chi connectivity index (χ3n) is 5.10. The molecule has 0 unspecified atom stereocenters. The van der Waals surface area contributed by atoms with Crippen molar-refractivity contribution < 1.29 is 14.3 Å². The third-order valence-corrected chi connectivity index (χ3v) is 5.10. The van der Waals surface area contributed by atoms with Crippen molar-refractivity contribution in [2.45, 2.75) is 25.7 Å². The maximum absolute atomic E-state index is 12.4. The van der Waals surface area contributed by atoms with Crippen LogP contribution in [0.4, 0.5) is 5.69 Å². The molecule has 0 atom stereocenters. The van der Waals surface area contributed by atoms with Crippen molar-refractivity contribution >= 4 is 17.5 Å². The van der Waals surface area contributed by atoms with Crippen LogP contribution in [0, 0.1) is 5.92 Å². The fourth-order valence-corrected chi connectivity index (χ4v) is 3.40. The Kier molecular flexibility index (Phi) is 5.91. The quantitative estimate of drug-likeness (QED) is 0.886. The van der Waals surface area contributed by atoms with Crippen LogP contribution in [0.5, 0.6) is 5.75 Å². The molecule has 0 spiro atoms. The molecule has 0 bridgehead atoms. The number of benzene rings is 1. The Labute approximate surface area is 149 Å². The number of nitrogens with zero attached hydrogens (tertiary/aromatic N) is 2. The summed E-state index contributed by atoms with van der Waals surface area (Å²) < 4.78 is 5.26. The number of hydrogen-bond donors (Lipinski definition) is 1. The Morgan fingerprint density at radius 1 is 1.12 bits per heavy atom.